The maximum atomic E-state index is 13.9. The molecule has 0 radical (unpaired) electrons. The Bertz CT molecular complexity index is 929. The van der Waals surface area contributed by atoms with E-state index in [0.717, 1.165) is 22.0 Å². The van der Waals surface area contributed by atoms with Gasteiger partial charge in [0.15, 0.2) is 0 Å². The van der Waals surface area contributed by atoms with Crippen molar-refractivity contribution in [3.8, 4) is 0 Å². The highest BCUT2D eigenvalue weighted by atomic mass is 19.1. The number of rotatable bonds is 5. The van der Waals surface area contributed by atoms with Gasteiger partial charge in [-0.15, -0.1) is 0 Å². The van der Waals surface area contributed by atoms with Gasteiger partial charge in [-0.1, -0.05) is 18.2 Å². The zero-order valence-electron chi connectivity index (χ0n) is 14.0. The first-order valence-electron chi connectivity index (χ1n) is 7.93. The first-order valence-corrected chi connectivity index (χ1v) is 7.93. The fourth-order valence-corrected chi connectivity index (χ4v) is 2.91. The van der Waals surface area contributed by atoms with E-state index in [2.05, 4.69) is 4.98 Å². The number of nitro benzene ring substituents is 1. The molecule has 0 fully saturated rings. The van der Waals surface area contributed by atoms with E-state index >= 15 is 0 Å². The van der Waals surface area contributed by atoms with E-state index in [0.29, 0.717) is 6.54 Å². The molecular weight excluding hydrogens is 321 g/mol. The van der Waals surface area contributed by atoms with Crippen LogP contribution in [0.25, 0.3) is 10.9 Å². The Balaban J connectivity index is 1.88. The molecule has 0 unspecified atom stereocenters. The molecule has 0 saturated carbocycles. The van der Waals surface area contributed by atoms with E-state index in [-0.39, 0.29) is 17.5 Å². The van der Waals surface area contributed by atoms with Crippen LogP contribution < -0.4 is 0 Å². The number of aromatic nitrogens is 1. The number of halogens is 1. The van der Waals surface area contributed by atoms with Crippen molar-refractivity contribution in [1.82, 2.24) is 9.88 Å². The van der Waals surface area contributed by atoms with Crippen molar-refractivity contribution in [2.24, 2.45) is 0 Å². The Morgan fingerprint density at radius 1 is 1.24 bits per heavy atom. The molecule has 5 nitrogen and oxygen atoms in total. The molecule has 6 heteroatoms. The summed E-state index contributed by atoms with van der Waals surface area (Å²) in [6.07, 6.45) is 1.69. The Labute approximate surface area is 144 Å². The third-order valence-corrected chi connectivity index (χ3v) is 4.39. The van der Waals surface area contributed by atoms with Crippen LogP contribution in [-0.4, -0.2) is 21.9 Å². The lowest BCUT2D eigenvalue weighted by atomic mass is 10.0. The summed E-state index contributed by atoms with van der Waals surface area (Å²) in [5.41, 5.74) is 2.46. The maximum Gasteiger partial charge on any atom is 0.269 e. The minimum Gasteiger partial charge on any atom is -0.295 e. The largest absolute Gasteiger partial charge is 0.295 e. The molecule has 25 heavy (non-hydrogen) atoms. The zero-order valence-corrected chi connectivity index (χ0v) is 14.0. The van der Waals surface area contributed by atoms with Crippen molar-refractivity contribution in [2.45, 2.75) is 19.5 Å². The summed E-state index contributed by atoms with van der Waals surface area (Å²) in [4.78, 5) is 16.9. The lowest BCUT2D eigenvalue weighted by molar-refractivity contribution is -0.384. The molecule has 3 rings (SSSR count). The van der Waals surface area contributed by atoms with Crippen LogP contribution in [0.1, 0.15) is 24.1 Å². The van der Waals surface area contributed by atoms with Gasteiger partial charge in [-0.25, -0.2) is 4.39 Å². The molecule has 0 N–H and O–H groups in total. The van der Waals surface area contributed by atoms with Crippen LogP contribution in [0.15, 0.2) is 54.7 Å². The van der Waals surface area contributed by atoms with E-state index in [1.165, 1.54) is 18.2 Å². The lowest BCUT2D eigenvalue weighted by Crippen LogP contribution is -2.22. The minimum atomic E-state index is -0.403. The van der Waals surface area contributed by atoms with Gasteiger partial charge in [0.1, 0.15) is 5.82 Å². The van der Waals surface area contributed by atoms with Gasteiger partial charge in [-0.05, 0) is 43.3 Å². The summed E-state index contributed by atoms with van der Waals surface area (Å²) in [6, 6.07) is 13.1. The van der Waals surface area contributed by atoms with Crippen LogP contribution in [0.4, 0.5) is 10.1 Å². The Kier molecular flexibility index (Phi) is 4.72. The Morgan fingerprint density at radius 3 is 2.80 bits per heavy atom. The van der Waals surface area contributed by atoms with Gasteiger partial charge in [-0.3, -0.25) is 20.0 Å². The minimum absolute atomic E-state index is 0.0654. The van der Waals surface area contributed by atoms with Gasteiger partial charge in [0.25, 0.3) is 5.69 Å². The van der Waals surface area contributed by atoms with E-state index in [1.807, 2.05) is 31.0 Å². The van der Waals surface area contributed by atoms with Crippen LogP contribution in [0.2, 0.25) is 0 Å². The Hall–Kier alpha value is -2.86. The zero-order chi connectivity index (χ0) is 18.0. The van der Waals surface area contributed by atoms with Gasteiger partial charge in [-0.2, -0.15) is 0 Å². The highest BCUT2D eigenvalue weighted by Crippen LogP contribution is 2.26. The molecule has 0 aliphatic heterocycles. The molecule has 0 aliphatic rings. The number of benzene rings is 2. The van der Waals surface area contributed by atoms with Crippen LogP contribution in [0.5, 0.6) is 0 Å². The number of hydrogen-bond acceptors (Lipinski definition) is 4. The van der Waals surface area contributed by atoms with E-state index < -0.39 is 4.92 Å². The number of nitrogens with zero attached hydrogens (tertiary/aromatic N) is 3. The van der Waals surface area contributed by atoms with Crippen LogP contribution in [0.3, 0.4) is 0 Å². The summed E-state index contributed by atoms with van der Waals surface area (Å²) in [5.74, 6) is -0.299. The molecule has 1 aromatic heterocycles. The van der Waals surface area contributed by atoms with Gasteiger partial charge in [0, 0.05) is 36.3 Å². The molecule has 0 aliphatic carbocycles. The van der Waals surface area contributed by atoms with Crippen molar-refractivity contribution in [1.29, 1.82) is 0 Å². The fraction of sp³-hybridized carbons (Fsp3) is 0.211. The van der Waals surface area contributed by atoms with Gasteiger partial charge in [0.2, 0.25) is 0 Å². The smallest absolute Gasteiger partial charge is 0.269 e. The summed E-state index contributed by atoms with van der Waals surface area (Å²) >= 11 is 0. The SMILES string of the molecule is C[C@@H](c1cccc([N+](=O)[O-])c1)N(C)Cc1cc(F)cc2cccnc12. The Morgan fingerprint density at radius 2 is 2.04 bits per heavy atom. The second-order valence-corrected chi connectivity index (χ2v) is 6.08. The van der Waals surface area contributed by atoms with Crippen molar-refractivity contribution in [2.75, 3.05) is 7.05 Å². The molecule has 3 aromatic rings. The number of pyridine rings is 1. The second-order valence-electron chi connectivity index (χ2n) is 6.08. The topological polar surface area (TPSA) is 59.3 Å². The molecule has 0 bridgehead atoms. The molecule has 0 amide bonds. The van der Waals surface area contributed by atoms with Crippen LogP contribution in [0, 0.1) is 15.9 Å². The van der Waals surface area contributed by atoms with E-state index in [9.17, 15) is 14.5 Å². The molecule has 1 atom stereocenters. The van der Waals surface area contributed by atoms with Crippen LogP contribution in [-0.2, 0) is 6.54 Å². The number of hydrogen-bond donors (Lipinski definition) is 0. The standard InChI is InChI=1S/C19H18FN3O2/c1-13(14-5-3-7-18(11-14)23(24)25)22(2)12-16-10-17(20)9-15-6-4-8-21-19(15)16/h3-11,13H,12H2,1-2H3/t13-/m0/s1. The summed E-state index contributed by atoms with van der Waals surface area (Å²) < 4.78 is 13.9. The van der Waals surface area contributed by atoms with Gasteiger partial charge >= 0.3 is 0 Å². The number of nitro groups is 1. The number of fused-ring (bicyclic) bond motifs is 1. The van der Waals surface area contributed by atoms with Gasteiger partial charge in [0.05, 0.1) is 10.4 Å². The molecule has 2 aromatic carbocycles. The van der Waals surface area contributed by atoms with Crippen LogP contribution >= 0.6 is 0 Å². The monoisotopic (exact) mass is 339 g/mol. The second kappa shape index (κ2) is 6.94. The summed E-state index contributed by atoms with van der Waals surface area (Å²) in [5, 5.41) is 11.7. The first kappa shape index (κ1) is 17.0. The average Bonchev–Trinajstić information content (AvgIpc) is 2.61. The van der Waals surface area contributed by atoms with Crippen molar-refractivity contribution < 1.29 is 9.31 Å². The third-order valence-electron chi connectivity index (χ3n) is 4.39. The third kappa shape index (κ3) is 3.64. The molecule has 128 valence electrons. The fourth-order valence-electron chi connectivity index (χ4n) is 2.91. The highest BCUT2D eigenvalue weighted by molar-refractivity contribution is 5.81. The summed E-state index contributed by atoms with van der Waals surface area (Å²) in [7, 11) is 1.91. The predicted octanol–water partition coefficient (Wildman–Crippen LogP) is 4.48. The maximum absolute atomic E-state index is 13.9. The predicted molar refractivity (Wildman–Crippen MR) is 94.7 cm³/mol. The summed E-state index contributed by atoms with van der Waals surface area (Å²) in [6.45, 7) is 2.45. The lowest BCUT2D eigenvalue weighted by Gasteiger charge is -2.25. The molecular formula is C19H18FN3O2. The normalized spacial score (nSPS) is 12.5. The van der Waals surface area contributed by atoms with Crippen molar-refractivity contribution in [3.05, 3.63) is 81.8 Å². The average molecular weight is 339 g/mol. The quantitative estimate of drug-likeness (QED) is 0.508. The van der Waals surface area contributed by atoms with Gasteiger partial charge < -0.3 is 0 Å². The highest BCUT2D eigenvalue weighted by Gasteiger charge is 2.17. The number of non-ortho nitro benzene ring substituents is 1. The van der Waals surface area contributed by atoms with Crippen molar-refractivity contribution in [3.63, 3.8) is 0 Å². The molecule has 1 heterocycles. The van der Waals surface area contributed by atoms with E-state index in [1.54, 1.807) is 24.4 Å². The first-order chi connectivity index (χ1) is 12.0. The van der Waals surface area contributed by atoms with E-state index in [4.69, 9.17) is 0 Å². The van der Waals surface area contributed by atoms with Crippen molar-refractivity contribution >= 4 is 16.6 Å². The molecule has 0 spiro atoms. The molecule has 0 saturated heterocycles.